The lowest BCUT2D eigenvalue weighted by Gasteiger charge is -2.17. The van der Waals surface area contributed by atoms with Gasteiger partial charge in [0.15, 0.2) is 0 Å². The molecule has 3 rings (SSSR count). The highest BCUT2D eigenvalue weighted by Crippen LogP contribution is 2.21. The molecular weight excluding hydrogens is 352 g/mol. The van der Waals surface area contributed by atoms with E-state index in [1.807, 2.05) is 24.3 Å². The Morgan fingerprint density at radius 3 is 2.64 bits per heavy atom. The number of nitrogens with two attached hydrogens (primary N) is 2. The van der Waals surface area contributed by atoms with Gasteiger partial charge in [0.2, 0.25) is 5.95 Å². The average Bonchev–Trinajstić information content (AvgIpc) is 3.17. The molecule has 1 aromatic carbocycles. The molecule has 4 N–H and O–H groups in total. The number of aryl methyl sites for hydroxylation is 2. The van der Waals surface area contributed by atoms with Gasteiger partial charge in [-0.3, -0.25) is 9.36 Å². The van der Waals surface area contributed by atoms with Crippen molar-refractivity contribution in [3.8, 4) is 11.3 Å². The van der Waals surface area contributed by atoms with Gasteiger partial charge in [0.1, 0.15) is 5.76 Å². The molecule has 0 radical (unpaired) electrons. The van der Waals surface area contributed by atoms with Crippen molar-refractivity contribution in [2.45, 2.75) is 45.7 Å². The van der Waals surface area contributed by atoms with Gasteiger partial charge in [0.25, 0.3) is 5.56 Å². The highest BCUT2D eigenvalue weighted by molar-refractivity contribution is 5.58. The zero-order chi connectivity index (χ0) is 20.1. The fourth-order valence-electron chi connectivity index (χ4n) is 3.39. The summed E-state index contributed by atoms with van der Waals surface area (Å²) in [5.74, 6) is 1.53. The lowest BCUT2D eigenvalue weighted by atomic mass is 10.0. The summed E-state index contributed by atoms with van der Waals surface area (Å²) in [4.78, 5) is 16.9. The van der Waals surface area contributed by atoms with Gasteiger partial charge in [-0.1, -0.05) is 32.0 Å². The van der Waals surface area contributed by atoms with Crippen molar-refractivity contribution < 1.29 is 4.42 Å². The van der Waals surface area contributed by atoms with E-state index in [1.165, 1.54) is 4.57 Å². The fourth-order valence-corrected chi connectivity index (χ4v) is 3.39. The molecule has 6 nitrogen and oxygen atoms in total. The first-order chi connectivity index (χ1) is 13.4. The minimum absolute atomic E-state index is 0.114. The number of benzene rings is 1. The van der Waals surface area contributed by atoms with E-state index in [4.69, 9.17) is 15.9 Å². The number of furan rings is 1. The fraction of sp³-hybridized carbons (Fsp3) is 0.364. The molecule has 2 aromatic heterocycles. The first-order valence-corrected chi connectivity index (χ1v) is 9.67. The summed E-state index contributed by atoms with van der Waals surface area (Å²) in [6.45, 7) is 4.60. The lowest BCUT2D eigenvalue weighted by Crippen LogP contribution is -2.35. The van der Waals surface area contributed by atoms with Gasteiger partial charge in [-0.15, -0.1) is 0 Å². The molecule has 0 aliphatic carbocycles. The van der Waals surface area contributed by atoms with Gasteiger partial charge in [0.05, 0.1) is 12.0 Å². The zero-order valence-electron chi connectivity index (χ0n) is 16.5. The standard InChI is InChI=1S/C22H28N4O2/c1-15(2)11-18(23)14-26-21(27)13-19(25-22(26)24)9-8-16-5-3-6-17(12-16)20-7-4-10-28-20/h3-7,10,12-13,15,18H,8-9,11,14,23H2,1-2H3,(H2,24,25). The molecular formula is C22H28N4O2. The monoisotopic (exact) mass is 380 g/mol. The van der Waals surface area contributed by atoms with Crippen molar-refractivity contribution in [2.24, 2.45) is 11.7 Å². The van der Waals surface area contributed by atoms with E-state index in [9.17, 15) is 4.79 Å². The highest BCUT2D eigenvalue weighted by atomic mass is 16.3. The molecule has 0 aliphatic heterocycles. The Labute approximate surface area is 165 Å². The molecule has 0 bridgehead atoms. The smallest absolute Gasteiger partial charge is 0.255 e. The van der Waals surface area contributed by atoms with Crippen LogP contribution in [0.5, 0.6) is 0 Å². The van der Waals surface area contributed by atoms with Crippen LogP contribution in [0.1, 0.15) is 31.5 Å². The van der Waals surface area contributed by atoms with Crippen molar-refractivity contribution in [3.05, 3.63) is 70.3 Å². The van der Waals surface area contributed by atoms with Gasteiger partial charge in [0, 0.05) is 24.2 Å². The van der Waals surface area contributed by atoms with Crippen molar-refractivity contribution in [3.63, 3.8) is 0 Å². The maximum absolute atomic E-state index is 12.5. The van der Waals surface area contributed by atoms with Gasteiger partial charge >= 0.3 is 0 Å². The van der Waals surface area contributed by atoms with Gasteiger partial charge < -0.3 is 15.9 Å². The normalized spacial score (nSPS) is 12.4. The van der Waals surface area contributed by atoms with E-state index in [0.29, 0.717) is 24.6 Å². The third-order valence-electron chi connectivity index (χ3n) is 4.68. The second-order valence-electron chi connectivity index (χ2n) is 7.62. The van der Waals surface area contributed by atoms with E-state index in [0.717, 1.165) is 29.7 Å². The summed E-state index contributed by atoms with van der Waals surface area (Å²) in [7, 11) is 0. The number of hydrogen-bond acceptors (Lipinski definition) is 5. The molecule has 0 spiro atoms. The predicted octanol–water partition coefficient (Wildman–Crippen LogP) is 3.24. The molecule has 2 heterocycles. The van der Waals surface area contributed by atoms with Crippen LogP contribution in [0.3, 0.4) is 0 Å². The summed E-state index contributed by atoms with van der Waals surface area (Å²) in [6.07, 6.45) is 3.90. The van der Waals surface area contributed by atoms with Crippen LogP contribution in [0, 0.1) is 5.92 Å². The van der Waals surface area contributed by atoms with E-state index in [-0.39, 0.29) is 17.5 Å². The third kappa shape index (κ3) is 5.10. The Morgan fingerprint density at radius 1 is 1.14 bits per heavy atom. The summed E-state index contributed by atoms with van der Waals surface area (Å²) in [6, 6.07) is 13.4. The number of hydrogen-bond donors (Lipinski definition) is 2. The Hall–Kier alpha value is -2.86. The first kappa shape index (κ1) is 19.9. The summed E-state index contributed by atoms with van der Waals surface area (Å²) in [5.41, 5.74) is 14.9. The largest absolute Gasteiger partial charge is 0.464 e. The molecule has 1 unspecified atom stereocenters. The van der Waals surface area contributed by atoms with Crippen molar-refractivity contribution in [1.29, 1.82) is 0 Å². The van der Waals surface area contributed by atoms with Crippen LogP contribution in [-0.2, 0) is 19.4 Å². The Morgan fingerprint density at radius 2 is 1.96 bits per heavy atom. The van der Waals surface area contributed by atoms with E-state index >= 15 is 0 Å². The molecule has 0 saturated carbocycles. The Bertz CT molecular complexity index is 961. The second-order valence-corrected chi connectivity index (χ2v) is 7.62. The molecule has 1 atom stereocenters. The Kier molecular flexibility index (Phi) is 6.31. The SMILES string of the molecule is CC(C)CC(N)Cn1c(N)nc(CCc2cccc(-c3ccco3)c2)cc1=O. The van der Waals surface area contributed by atoms with Gasteiger partial charge in [-0.05, 0) is 48.9 Å². The topological polar surface area (TPSA) is 100 Å². The van der Waals surface area contributed by atoms with Crippen LogP contribution in [-0.4, -0.2) is 15.6 Å². The van der Waals surface area contributed by atoms with Crippen LogP contribution < -0.4 is 17.0 Å². The minimum atomic E-state index is -0.147. The molecule has 0 amide bonds. The molecule has 3 aromatic rings. The molecule has 0 saturated heterocycles. The van der Waals surface area contributed by atoms with E-state index in [2.05, 4.69) is 31.0 Å². The molecule has 148 valence electrons. The summed E-state index contributed by atoms with van der Waals surface area (Å²) >= 11 is 0. The van der Waals surface area contributed by atoms with Crippen molar-refractivity contribution >= 4 is 5.95 Å². The number of nitrogens with zero attached hydrogens (tertiary/aromatic N) is 2. The molecule has 28 heavy (non-hydrogen) atoms. The number of nitrogen functional groups attached to an aromatic ring is 1. The highest BCUT2D eigenvalue weighted by Gasteiger charge is 2.12. The second kappa shape index (κ2) is 8.89. The number of anilines is 1. The quantitative estimate of drug-likeness (QED) is 0.625. The molecule has 0 aliphatic rings. The minimum Gasteiger partial charge on any atom is -0.464 e. The van der Waals surface area contributed by atoms with Gasteiger partial charge in [-0.25, -0.2) is 4.98 Å². The maximum Gasteiger partial charge on any atom is 0.255 e. The maximum atomic E-state index is 12.5. The zero-order valence-corrected chi connectivity index (χ0v) is 16.5. The van der Waals surface area contributed by atoms with E-state index in [1.54, 1.807) is 12.3 Å². The number of aromatic nitrogens is 2. The third-order valence-corrected chi connectivity index (χ3v) is 4.68. The number of rotatable bonds is 8. The van der Waals surface area contributed by atoms with Crippen molar-refractivity contribution in [2.75, 3.05) is 5.73 Å². The average molecular weight is 380 g/mol. The molecule has 6 heteroatoms. The van der Waals surface area contributed by atoms with Crippen LogP contribution >= 0.6 is 0 Å². The molecule has 0 fully saturated rings. The summed E-state index contributed by atoms with van der Waals surface area (Å²) < 4.78 is 6.92. The van der Waals surface area contributed by atoms with Crippen LogP contribution in [0.4, 0.5) is 5.95 Å². The van der Waals surface area contributed by atoms with Crippen molar-refractivity contribution in [1.82, 2.24) is 9.55 Å². The van der Waals surface area contributed by atoms with Gasteiger partial charge in [-0.2, -0.15) is 0 Å². The van der Waals surface area contributed by atoms with E-state index < -0.39 is 0 Å². The Balaban J connectivity index is 1.69. The lowest BCUT2D eigenvalue weighted by molar-refractivity contribution is 0.442. The van der Waals surface area contributed by atoms with Crippen LogP contribution in [0.25, 0.3) is 11.3 Å². The first-order valence-electron chi connectivity index (χ1n) is 9.67. The van der Waals surface area contributed by atoms with Crippen LogP contribution in [0.2, 0.25) is 0 Å². The van der Waals surface area contributed by atoms with Crippen LogP contribution in [0.15, 0.2) is 57.9 Å². The summed E-state index contributed by atoms with van der Waals surface area (Å²) in [5, 5.41) is 0. The predicted molar refractivity (Wildman–Crippen MR) is 112 cm³/mol.